The topological polar surface area (TPSA) is 49.6 Å². The standard InChI is InChI=1S/C15H22BrN3O/c1-15(2,3)19-6-4-18(5-7-19)14(20)11-8-12(16)10-13(17)9-11/h8-10H,4-7,17H2,1-3H3. The number of carbonyl (C=O) groups excluding carboxylic acids is 1. The van der Waals surface area contributed by atoms with Crippen LogP contribution in [0.2, 0.25) is 0 Å². The van der Waals surface area contributed by atoms with Crippen molar-refractivity contribution in [3.8, 4) is 0 Å². The lowest BCUT2D eigenvalue weighted by atomic mass is 10.0. The SMILES string of the molecule is CC(C)(C)N1CCN(C(=O)c2cc(N)cc(Br)c2)CC1. The molecule has 0 aromatic heterocycles. The van der Waals surface area contributed by atoms with E-state index in [4.69, 9.17) is 5.73 Å². The maximum absolute atomic E-state index is 12.5. The molecule has 1 fully saturated rings. The minimum atomic E-state index is 0.0616. The smallest absolute Gasteiger partial charge is 0.254 e. The first-order chi connectivity index (χ1) is 9.27. The molecule has 1 saturated heterocycles. The molecule has 5 heteroatoms. The molecular formula is C15H22BrN3O. The fraction of sp³-hybridized carbons (Fsp3) is 0.533. The largest absolute Gasteiger partial charge is 0.399 e. The molecule has 20 heavy (non-hydrogen) atoms. The third-order valence-corrected chi connectivity index (χ3v) is 4.14. The first-order valence-electron chi connectivity index (χ1n) is 6.88. The third-order valence-electron chi connectivity index (χ3n) is 3.68. The zero-order valence-electron chi connectivity index (χ0n) is 12.3. The van der Waals surface area contributed by atoms with Crippen LogP contribution in [-0.4, -0.2) is 47.4 Å². The van der Waals surface area contributed by atoms with Crippen molar-refractivity contribution in [1.29, 1.82) is 0 Å². The van der Waals surface area contributed by atoms with Crippen molar-refractivity contribution >= 4 is 27.5 Å². The summed E-state index contributed by atoms with van der Waals surface area (Å²) in [6, 6.07) is 5.37. The summed E-state index contributed by atoms with van der Waals surface area (Å²) >= 11 is 3.38. The number of halogens is 1. The lowest BCUT2D eigenvalue weighted by Crippen LogP contribution is -2.54. The number of nitrogens with two attached hydrogens (primary N) is 1. The Kier molecular flexibility index (Phi) is 4.39. The Morgan fingerprint density at radius 1 is 1.15 bits per heavy atom. The maximum atomic E-state index is 12.5. The average Bonchev–Trinajstić information content (AvgIpc) is 2.36. The predicted octanol–water partition coefficient (Wildman–Crippen LogP) is 2.59. The van der Waals surface area contributed by atoms with Gasteiger partial charge in [-0.2, -0.15) is 0 Å². The van der Waals surface area contributed by atoms with Gasteiger partial charge in [-0.1, -0.05) is 15.9 Å². The molecule has 1 heterocycles. The van der Waals surface area contributed by atoms with Crippen LogP contribution in [-0.2, 0) is 0 Å². The van der Waals surface area contributed by atoms with E-state index in [9.17, 15) is 4.79 Å². The molecule has 1 aliphatic rings. The number of hydrogen-bond acceptors (Lipinski definition) is 3. The molecule has 110 valence electrons. The van der Waals surface area contributed by atoms with Crippen LogP contribution in [0.15, 0.2) is 22.7 Å². The normalized spacial score (nSPS) is 17.3. The van der Waals surface area contributed by atoms with E-state index in [1.54, 1.807) is 12.1 Å². The van der Waals surface area contributed by atoms with Gasteiger partial charge in [0.1, 0.15) is 0 Å². The second-order valence-corrected chi connectivity index (χ2v) is 7.14. The molecule has 1 amide bonds. The zero-order chi connectivity index (χ0) is 14.9. The molecule has 0 radical (unpaired) electrons. The Labute approximate surface area is 129 Å². The van der Waals surface area contributed by atoms with Crippen molar-refractivity contribution in [1.82, 2.24) is 9.80 Å². The van der Waals surface area contributed by atoms with Gasteiger partial charge >= 0.3 is 0 Å². The molecule has 0 saturated carbocycles. The van der Waals surface area contributed by atoms with Crippen molar-refractivity contribution in [3.05, 3.63) is 28.2 Å². The molecule has 1 aromatic rings. The summed E-state index contributed by atoms with van der Waals surface area (Å²) in [6.45, 7) is 9.99. The molecule has 0 unspecified atom stereocenters. The van der Waals surface area contributed by atoms with Gasteiger partial charge in [0.05, 0.1) is 0 Å². The number of nitrogens with zero attached hydrogens (tertiary/aromatic N) is 2. The lowest BCUT2D eigenvalue weighted by molar-refractivity contribution is 0.0451. The van der Waals surface area contributed by atoms with E-state index in [0.29, 0.717) is 11.3 Å². The monoisotopic (exact) mass is 339 g/mol. The second-order valence-electron chi connectivity index (χ2n) is 6.22. The van der Waals surface area contributed by atoms with Crippen LogP contribution in [0, 0.1) is 0 Å². The van der Waals surface area contributed by atoms with Gasteiger partial charge in [-0.15, -0.1) is 0 Å². The van der Waals surface area contributed by atoms with Crippen LogP contribution < -0.4 is 5.73 Å². The molecule has 2 rings (SSSR count). The van der Waals surface area contributed by atoms with E-state index in [2.05, 4.69) is 41.6 Å². The summed E-state index contributed by atoms with van der Waals surface area (Å²) in [6.07, 6.45) is 0. The van der Waals surface area contributed by atoms with Gasteiger partial charge in [-0.25, -0.2) is 0 Å². The Morgan fingerprint density at radius 3 is 2.25 bits per heavy atom. The van der Waals surface area contributed by atoms with Gasteiger partial charge in [-0.05, 0) is 39.0 Å². The number of hydrogen-bond donors (Lipinski definition) is 1. The Bertz CT molecular complexity index is 482. The van der Waals surface area contributed by atoms with Gasteiger partial charge in [-0.3, -0.25) is 9.69 Å². The predicted molar refractivity (Wildman–Crippen MR) is 85.8 cm³/mol. The average molecular weight is 340 g/mol. The first kappa shape index (κ1) is 15.3. The highest BCUT2D eigenvalue weighted by molar-refractivity contribution is 9.10. The molecule has 2 N–H and O–H groups in total. The third kappa shape index (κ3) is 3.52. The summed E-state index contributed by atoms with van der Waals surface area (Å²) < 4.78 is 0.842. The van der Waals surface area contributed by atoms with Crippen molar-refractivity contribution in [3.63, 3.8) is 0 Å². The molecule has 0 bridgehead atoms. The van der Waals surface area contributed by atoms with Gasteiger partial charge in [0.25, 0.3) is 5.91 Å². The molecule has 0 spiro atoms. The van der Waals surface area contributed by atoms with Crippen LogP contribution in [0.25, 0.3) is 0 Å². The summed E-state index contributed by atoms with van der Waals surface area (Å²) in [5, 5.41) is 0. The minimum Gasteiger partial charge on any atom is -0.399 e. The highest BCUT2D eigenvalue weighted by Crippen LogP contribution is 2.21. The van der Waals surface area contributed by atoms with Gasteiger partial charge < -0.3 is 10.6 Å². The quantitative estimate of drug-likeness (QED) is 0.800. The maximum Gasteiger partial charge on any atom is 0.254 e. The highest BCUT2D eigenvalue weighted by Gasteiger charge is 2.28. The van der Waals surface area contributed by atoms with Crippen LogP contribution in [0.5, 0.6) is 0 Å². The zero-order valence-corrected chi connectivity index (χ0v) is 13.9. The highest BCUT2D eigenvalue weighted by atomic mass is 79.9. The van der Waals surface area contributed by atoms with Crippen molar-refractivity contribution in [2.45, 2.75) is 26.3 Å². The molecule has 4 nitrogen and oxygen atoms in total. The van der Waals surface area contributed by atoms with E-state index >= 15 is 0 Å². The van der Waals surface area contributed by atoms with Crippen LogP contribution >= 0.6 is 15.9 Å². The Hall–Kier alpha value is -1.07. The fourth-order valence-electron chi connectivity index (χ4n) is 2.50. The number of rotatable bonds is 1. The summed E-state index contributed by atoms with van der Waals surface area (Å²) in [7, 11) is 0. The van der Waals surface area contributed by atoms with E-state index in [0.717, 1.165) is 30.7 Å². The minimum absolute atomic E-state index is 0.0616. The Morgan fingerprint density at radius 2 is 1.75 bits per heavy atom. The van der Waals surface area contributed by atoms with Gasteiger partial charge in [0, 0.05) is 47.4 Å². The summed E-state index contributed by atoms with van der Waals surface area (Å²) in [5.74, 6) is 0.0616. The number of benzene rings is 1. The van der Waals surface area contributed by atoms with Crippen LogP contribution in [0.1, 0.15) is 31.1 Å². The van der Waals surface area contributed by atoms with E-state index in [-0.39, 0.29) is 11.4 Å². The molecular weight excluding hydrogens is 318 g/mol. The van der Waals surface area contributed by atoms with Crippen molar-refractivity contribution < 1.29 is 4.79 Å². The van der Waals surface area contributed by atoms with E-state index in [1.807, 2.05) is 11.0 Å². The Balaban J connectivity index is 2.05. The number of nitrogen functional groups attached to an aromatic ring is 1. The number of carbonyl (C=O) groups is 1. The van der Waals surface area contributed by atoms with Crippen molar-refractivity contribution in [2.24, 2.45) is 0 Å². The summed E-state index contributed by atoms with van der Waals surface area (Å²) in [5.41, 5.74) is 7.22. The van der Waals surface area contributed by atoms with Gasteiger partial charge in [0.15, 0.2) is 0 Å². The van der Waals surface area contributed by atoms with E-state index in [1.165, 1.54) is 0 Å². The molecule has 1 aliphatic heterocycles. The van der Waals surface area contributed by atoms with Crippen LogP contribution in [0.4, 0.5) is 5.69 Å². The molecule has 0 atom stereocenters. The first-order valence-corrected chi connectivity index (χ1v) is 7.67. The second kappa shape index (κ2) is 5.74. The van der Waals surface area contributed by atoms with Gasteiger partial charge in [0.2, 0.25) is 0 Å². The van der Waals surface area contributed by atoms with E-state index < -0.39 is 0 Å². The molecule has 0 aliphatic carbocycles. The number of anilines is 1. The molecule has 1 aromatic carbocycles. The lowest BCUT2D eigenvalue weighted by Gasteiger charge is -2.42. The fourth-order valence-corrected chi connectivity index (χ4v) is 3.01. The number of piperazine rings is 1. The summed E-state index contributed by atoms with van der Waals surface area (Å²) in [4.78, 5) is 16.8. The van der Waals surface area contributed by atoms with Crippen molar-refractivity contribution in [2.75, 3.05) is 31.9 Å². The number of amides is 1. The van der Waals surface area contributed by atoms with Crippen LogP contribution in [0.3, 0.4) is 0 Å².